The van der Waals surface area contributed by atoms with Crippen LogP contribution in [0.4, 0.5) is 15.2 Å². The fourth-order valence-electron chi connectivity index (χ4n) is 2.26. The lowest BCUT2D eigenvalue weighted by Crippen LogP contribution is -2.19. The van der Waals surface area contributed by atoms with Gasteiger partial charge in [0, 0.05) is 23.4 Å². The molecule has 0 spiro atoms. The highest BCUT2D eigenvalue weighted by molar-refractivity contribution is 7.15. The van der Waals surface area contributed by atoms with Crippen LogP contribution in [-0.4, -0.2) is 11.5 Å². The summed E-state index contributed by atoms with van der Waals surface area (Å²) in [5.41, 5.74) is 7.33. The van der Waals surface area contributed by atoms with E-state index in [1.54, 1.807) is 23.5 Å². The topological polar surface area (TPSA) is 42.2 Å². The molecule has 0 aliphatic rings. The van der Waals surface area contributed by atoms with Crippen LogP contribution in [0.5, 0.6) is 0 Å². The number of hydrogen-bond acceptors (Lipinski definition) is 4. The van der Waals surface area contributed by atoms with Gasteiger partial charge in [0.25, 0.3) is 0 Å². The van der Waals surface area contributed by atoms with E-state index in [4.69, 9.17) is 10.7 Å². The summed E-state index contributed by atoms with van der Waals surface area (Å²) in [6, 6.07) is 6.78. The van der Waals surface area contributed by atoms with Crippen LogP contribution in [0.15, 0.2) is 24.3 Å². The van der Waals surface area contributed by atoms with Gasteiger partial charge in [-0.05, 0) is 19.1 Å². The van der Waals surface area contributed by atoms with Crippen molar-refractivity contribution in [3.8, 4) is 0 Å². The Kier molecular flexibility index (Phi) is 4.64. The lowest BCUT2D eigenvalue weighted by Gasteiger charge is -2.21. The minimum atomic E-state index is -0.235. The number of nitrogens with zero attached hydrogens (tertiary/aromatic N) is 2. The molecule has 0 radical (unpaired) electrons. The van der Waals surface area contributed by atoms with Crippen LogP contribution in [0.1, 0.15) is 38.3 Å². The Morgan fingerprint density at radius 2 is 1.95 bits per heavy atom. The molecule has 2 N–H and O–H groups in total. The highest BCUT2D eigenvalue weighted by Gasteiger charge is 2.25. The molecular weight excluding hydrogens is 285 g/mol. The first-order chi connectivity index (χ1) is 9.88. The summed E-state index contributed by atoms with van der Waals surface area (Å²) in [5, 5.41) is 0.799. The Labute approximate surface area is 129 Å². The summed E-state index contributed by atoms with van der Waals surface area (Å²) in [5.74, 6) is -0.235. The number of rotatable bonds is 4. The summed E-state index contributed by atoms with van der Waals surface area (Å²) in [6.45, 7) is 9.45. The predicted octanol–water partition coefficient (Wildman–Crippen LogP) is 4.20. The van der Waals surface area contributed by atoms with Crippen molar-refractivity contribution in [2.24, 2.45) is 5.73 Å². The third-order valence-corrected chi connectivity index (χ3v) is 4.37. The summed E-state index contributed by atoms with van der Waals surface area (Å²) in [4.78, 5) is 7.70. The van der Waals surface area contributed by atoms with Gasteiger partial charge in [0.2, 0.25) is 0 Å². The van der Waals surface area contributed by atoms with E-state index in [1.807, 2.05) is 17.9 Å². The molecule has 2 rings (SSSR count). The molecule has 0 atom stereocenters. The van der Waals surface area contributed by atoms with Crippen molar-refractivity contribution in [3.05, 3.63) is 40.7 Å². The number of anilines is 2. The van der Waals surface area contributed by atoms with Gasteiger partial charge in [-0.3, -0.25) is 0 Å². The molecule has 1 aromatic heterocycles. The normalized spacial score (nSPS) is 11.7. The molecule has 1 aromatic carbocycles. The maximum Gasteiger partial charge on any atom is 0.190 e. The van der Waals surface area contributed by atoms with E-state index in [-0.39, 0.29) is 11.2 Å². The van der Waals surface area contributed by atoms with Gasteiger partial charge in [-0.15, -0.1) is 0 Å². The maximum absolute atomic E-state index is 14.0. The van der Waals surface area contributed by atoms with Crippen molar-refractivity contribution in [1.29, 1.82) is 0 Å². The molecule has 0 unspecified atom stereocenters. The van der Waals surface area contributed by atoms with Crippen LogP contribution in [0.25, 0.3) is 0 Å². The van der Waals surface area contributed by atoms with Crippen LogP contribution in [0, 0.1) is 5.82 Å². The Balaban J connectivity index is 2.49. The second-order valence-corrected chi connectivity index (χ2v) is 6.98. The van der Waals surface area contributed by atoms with E-state index in [1.165, 1.54) is 6.07 Å². The van der Waals surface area contributed by atoms with Gasteiger partial charge in [0.15, 0.2) is 5.13 Å². The molecule has 21 heavy (non-hydrogen) atoms. The summed E-state index contributed by atoms with van der Waals surface area (Å²) >= 11 is 1.55. The molecule has 114 valence electrons. The molecule has 0 saturated carbocycles. The van der Waals surface area contributed by atoms with Gasteiger partial charge < -0.3 is 10.6 Å². The van der Waals surface area contributed by atoms with Crippen LogP contribution >= 0.6 is 11.3 Å². The van der Waals surface area contributed by atoms with Crippen LogP contribution < -0.4 is 10.6 Å². The highest BCUT2D eigenvalue weighted by Crippen LogP contribution is 2.36. The molecule has 3 nitrogen and oxygen atoms in total. The fraction of sp³-hybridized carbons (Fsp3) is 0.438. The predicted molar refractivity (Wildman–Crippen MR) is 87.8 cm³/mol. The van der Waals surface area contributed by atoms with Crippen LogP contribution in [0.3, 0.4) is 0 Å². The first-order valence-electron chi connectivity index (χ1n) is 7.10. The number of para-hydroxylation sites is 1. The Morgan fingerprint density at radius 1 is 1.29 bits per heavy atom. The van der Waals surface area contributed by atoms with Gasteiger partial charge in [0.1, 0.15) is 5.82 Å². The second kappa shape index (κ2) is 6.12. The number of benzene rings is 1. The Hall–Kier alpha value is -1.46. The second-order valence-electron chi connectivity index (χ2n) is 5.92. The van der Waals surface area contributed by atoms with Crippen LogP contribution in [0.2, 0.25) is 0 Å². The Bertz CT molecular complexity index is 616. The van der Waals surface area contributed by atoms with Crippen molar-refractivity contribution in [3.63, 3.8) is 0 Å². The molecule has 0 fully saturated rings. The van der Waals surface area contributed by atoms with E-state index in [0.717, 1.165) is 15.7 Å². The van der Waals surface area contributed by atoms with Gasteiger partial charge in [-0.2, -0.15) is 0 Å². The molecule has 1 heterocycles. The Morgan fingerprint density at radius 3 is 2.43 bits per heavy atom. The van der Waals surface area contributed by atoms with Crippen molar-refractivity contribution < 1.29 is 4.39 Å². The average Bonchev–Trinajstić information content (AvgIpc) is 2.86. The molecule has 0 aliphatic heterocycles. The van der Waals surface area contributed by atoms with Gasteiger partial charge in [-0.25, -0.2) is 9.37 Å². The van der Waals surface area contributed by atoms with Crippen molar-refractivity contribution in [1.82, 2.24) is 4.98 Å². The SMILES string of the molecule is CCN(c1nc(C(C)(C)C)c(CN)s1)c1ccccc1F. The number of thiazole rings is 1. The maximum atomic E-state index is 14.0. The zero-order valence-corrected chi connectivity index (χ0v) is 13.8. The first-order valence-corrected chi connectivity index (χ1v) is 7.92. The molecular formula is C16H22FN3S. The monoisotopic (exact) mass is 307 g/mol. The number of halogens is 1. The van der Waals surface area contributed by atoms with E-state index < -0.39 is 0 Å². The molecule has 0 saturated heterocycles. The smallest absolute Gasteiger partial charge is 0.190 e. The van der Waals surface area contributed by atoms with E-state index in [9.17, 15) is 4.39 Å². The zero-order chi connectivity index (χ0) is 15.6. The minimum absolute atomic E-state index is 0.0713. The minimum Gasteiger partial charge on any atom is -0.326 e. The fourth-order valence-corrected chi connectivity index (χ4v) is 3.49. The molecule has 2 aromatic rings. The van der Waals surface area contributed by atoms with E-state index in [2.05, 4.69) is 20.8 Å². The van der Waals surface area contributed by atoms with Gasteiger partial charge in [0.05, 0.1) is 11.4 Å². The van der Waals surface area contributed by atoms with E-state index >= 15 is 0 Å². The number of hydrogen-bond donors (Lipinski definition) is 1. The standard InChI is InChI=1S/C16H22FN3S/c1-5-20(12-9-7-6-8-11(12)17)15-19-14(16(2,3)4)13(10-18)21-15/h6-9H,5,10,18H2,1-4H3. The average molecular weight is 307 g/mol. The number of aromatic nitrogens is 1. The summed E-state index contributed by atoms with van der Waals surface area (Å²) in [6.07, 6.45) is 0. The van der Waals surface area contributed by atoms with Crippen molar-refractivity contribution in [2.45, 2.75) is 39.7 Å². The van der Waals surface area contributed by atoms with Crippen molar-refractivity contribution in [2.75, 3.05) is 11.4 Å². The largest absolute Gasteiger partial charge is 0.326 e. The summed E-state index contributed by atoms with van der Waals surface area (Å²) in [7, 11) is 0. The third-order valence-electron chi connectivity index (χ3n) is 3.27. The zero-order valence-electron chi connectivity index (χ0n) is 13.0. The number of nitrogens with two attached hydrogens (primary N) is 1. The molecule has 5 heteroatoms. The molecule has 0 aliphatic carbocycles. The lowest BCUT2D eigenvalue weighted by molar-refractivity contribution is 0.566. The van der Waals surface area contributed by atoms with Gasteiger partial charge in [-0.1, -0.05) is 44.2 Å². The quantitative estimate of drug-likeness (QED) is 0.920. The lowest BCUT2D eigenvalue weighted by atomic mass is 9.91. The summed E-state index contributed by atoms with van der Waals surface area (Å²) < 4.78 is 14.0. The molecule has 0 amide bonds. The van der Waals surface area contributed by atoms with Gasteiger partial charge >= 0.3 is 0 Å². The first kappa shape index (κ1) is 15.9. The van der Waals surface area contributed by atoms with E-state index in [0.29, 0.717) is 18.8 Å². The highest BCUT2D eigenvalue weighted by atomic mass is 32.1. The van der Waals surface area contributed by atoms with Crippen molar-refractivity contribution >= 4 is 22.2 Å². The third kappa shape index (κ3) is 3.24. The molecule has 0 bridgehead atoms. The van der Waals surface area contributed by atoms with Crippen LogP contribution in [-0.2, 0) is 12.0 Å².